The summed E-state index contributed by atoms with van der Waals surface area (Å²) >= 11 is 0. The normalized spacial score (nSPS) is 11.3. The SMILES string of the molecule is C=C(CNC(C)(C)Cc1ccc(Cc2ccc(C#N)cn2)cc1)COc1cccc2[nH]ncc12. The quantitative estimate of drug-likeness (QED) is 0.333. The predicted octanol–water partition coefficient (Wildman–Crippen LogP) is 4.97. The van der Waals surface area contributed by atoms with E-state index in [1.807, 2.05) is 30.3 Å². The maximum absolute atomic E-state index is 8.90. The number of nitrogens with zero attached hydrogens (tertiary/aromatic N) is 3. The molecule has 0 aliphatic rings. The minimum absolute atomic E-state index is 0.0935. The summed E-state index contributed by atoms with van der Waals surface area (Å²) < 4.78 is 5.98. The third-order valence-electron chi connectivity index (χ3n) is 5.70. The van der Waals surface area contributed by atoms with Crippen LogP contribution in [0.2, 0.25) is 0 Å². The Morgan fingerprint density at radius 2 is 1.88 bits per heavy atom. The highest BCUT2D eigenvalue weighted by Gasteiger charge is 2.18. The van der Waals surface area contributed by atoms with Crippen LogP contribution in [0.15, 0.2) is 79.1 Å². The molecule has 4 aromatic rings. The van der Waals surface area contributed by atoms with Crippen LogP contribution in [0.3, 0.4) is 0 Å². The van der Waals surface area contributed by atoms with Crippen LogP contribution in [0.5, 0.6) is 5.75 Å². The van der Waals surface area contributed by atoms with E-state index in [0.29, 0.717) is 18.7 Å². The van der Waals surface area contributed by atoms with E-state index in [2.05, 4.69) is 71.3 Å². The second-order valence-electron chi connectivity index (χ2n) is 9.18. The number of hydrogen-bond donors (Lipinski definition) is 2. The van der Waals surface area contributed by atoms with Gasteiger partial charge in [-0.3, -0.25) is 10.1 Å². The Bertz CT molecular complexity index is 1300. The molecule has 0 atom stereocenters. The van der Waals surface area contributed by atoms with Crippen LogP contribution in [0.25, 0.3) is 10.9 Å². The van der Waals surface area contributed by atoms with Crippen molar-refractivity contribution in [1.82, 2.24) is 20.5 Å². The fraction of sp³-hybridized carbons (Fsp3) is 0.250. The van der Waals surface area contributed by atoms with E-state index in [1.165, 1.54) is 11.1 Å². The number of rotatable bonds is 10. The maximum Gasteiger partial charge on any atom is 0.130 e. The molecule has 0 fully saturated rings. The molecule has 2 heterocycles. The number of fused-ring (bicyclic) bond motifs is 1. The highest BCUT2D eigenvalue weighted by Crippen LogP contribution is 2.24. The predicted molar refractivity (Wildman–Crippen MR) is 135 cm³/mol. The van der Waals surface area contributed by atoms with Crippen LogP contribution in [0.4, 0.5) is 0 Å². The number of nitriles is 1. The number of ether oxygens (including phenoxy) is 1. The Morgan fingerprint density at radius 1 is 1.09 bits per heavy atom. The van der Waals surface area contributed by atoms with E-state index in [4.69, 9.17) is 10.00 Å². The zero-order chi connectivity index (χ0) is 24.0. The molecule has 0 bridgehead atoms. The van der Waals surface area contributed by atoms with Crippen molar-refractivity contribution in [2.45, 2.75) is 32.2 Å². The van der Waals surface area contributed by atoms with Crippen molar-refractivity contribution in [3.05, 3.63) is 102 Å². The molecule has 0 aliphatic carbocycles. The molecule has 2 aromatic carbocycles. The number of hydrogen-bond acceptors (Lipinski definition) is 5. The topological polar surface area (TPSA) is 86.6 Å². The zero-order valence-electron chi connectivity index (χ0n) is 19.6. The van der Waals surface area contributed by atoms with E-state index < -0.39 is 0 Å². The Hall–Kier alpha value is -3.95. The van der Waals surface area contributed by atoms with Crippen molar-refractivity contribution < 1.29 is 4.74 Å². The second kappa shape index (κ2) is 10.3. The van der Waals surface area contributed by atoms with Gasteiger partial charge in [0, 0.05) is 30.4 Å². The van der Waals surface area contributed by atoms with Gasteiger partial charge in [-0.05, 0) is 61.2 Å². The summed E-state index contributed by atoms with van der Waals surface area (Å²) in [5.41, 5.74) is 5.86. The van der Waals surface area contributed by atoms with Crippen molar-refractivity contribution in [2.24, 2.45) is 0 Å². The van der Waals surface area contributed by atoms with Crippen molar-refractivity contribution in [2.75, 3.05) is 13.2 Å². The largest absolute Gasteiger partial charge is 0.488 e. The fourth-order valence-electron chi connectivity index (χ4n) is 3.81. The molecule has 6 nitrogen and oxygen atoms in total. The first-order valence-corrected chi connectivity index (χ1v) is 11.3. The fourth-order valence-corrected chi connectivity index (χ4v) is 3.81. The molecule has 0 saturated heterocycles. The first-order chi connectivity index (χ1) is 16.4. The van der Waals surface area contributed by atoms with Crippen LogP contribution in [0, 0.1) is 11.3 Å². The molecule has 0 aliphatic heterocycles. The van der Waals surface area contributed by atoms with Gasteiger partial charge in [0.1, 0.15) is 18.4 Å². The molecule has 2 N–H and O–H groups in total. The minimum Gasteiger partial charge on any atom is -0.488 e. The van der Waals surface area contributed by atoms with E-state index in [-0.39, 0.29) is 5.54 Å². The van der Waals surface area contributed by atoms with Crippen molar-refractivity contribution >= 4 is 10.9 Å². The number of H-pyrrole nitrogens is 1. The molecule has 2 aromatic heterocycles. The van der Waals surface area contributed by atoms with Crippen LogP contribution in [-0.4, -0.2) is 33.9 Å². The van der Waals surface area contributed by atoms with Gasteiger partial charge in [-0.25, -0.2) is 0 Å². The molecular formula is C28H29N5O. The minimum atomic E-state index is -0.0935. The van der Waals surface area contributed by atoms with Gasteiger partial charge in [-0.15, -0.1) is 0 Å². The molecular weight excluding hydrogens is 422 g/mol. The Labute approximate surface area is 200 Å². The number of nitrogens with one attached hydrogen (secondary N) is 2. The Morgan fingerprint density at radius 3 is 2.62 bits per heavy atom. The van der Waals surface area contributed by atoms with Gasteiger partial charge in [-0.2, -0.15) is 10.4 Å². The van der Waals surface area contributed by atoms with Crippen molar-refractivity contribution in [1.29, 1.82) is 5.26 Å². The van der Waals surface area contributed by atoms with Gasteiger partial charge in [0.2, 0.25) is 0 Å². The number of aromatic amines is 1. The summed E-state index contributed by atoms with van der Waals surface area (Å²) in [6, 6.07) is 20.3. The molecule has 0 saturated carbocycles. The monoisotopic (exact) mass is 451 g/mol. The van der Waals surface area contributed by atoms with Gasteiger partial charge < -0.3 is 10.1 Å². The summed E-state index contributed by atoms with van der Waals surface area (Å²) in [7, 11) is 0. The number of benzene rings is 2. The lowest BCUT2D eigenvalue weighted by Crippen LogP contribution is -2.42. The highest BCUT2D eigenvalue weighted by molar-refractivity contribution is 5.84. The summed E-state index contributed by atoms with van der Waals surface area (Å²) in [5.74, 6) is 0.808. The Balaban J connectivity index is 1.25. The highest BCUT2D eigenvalue weighted by atomic mass is 16.5. The van der Waals surface area contributed by atoms with Crippen molar-refractivity contribution in [3.8, 4) is 11.8 Å². The van der Waals surface area contributed by atoms with Gasteiger partial charge >= 0.3 is 0 Å². The molecule has 4 rings (SSSR count). The van der Waals surface area contributed by atoms with E-state index >= 15 is 0 Å². The summed E-state index contributed by atoms with van der Waals surface area (Å²) in [6.07, 6.45) is 5.04. The summed E-state index contributed by atoms with van der Waals surface area (Å²) in [6.45, 7) is 9.70. The molecule has 6 heteroatoms. The lowest BCUT2D eigenvalue weighted by Gasteiger charge is -2.27. The maximum atomic E-state index is 8.90. The molecule has 172 valence electrons. The lowest BCUT2D eigenvalue weighted by atomic mass is 9.93. The zero-order valence-corrected chi connectivity index (χ0v) is 19.6. The molecule has 0 radical (unpaired) electrons. The molecule has 0 spiro atoms. The second-order valence-corrected chi connectivity index (χ2v) is 9.18. The molecule has 34 heavy (non-hydrogen) atoms. The van der Waals surface area contributed by atoms with Crippen LogP contribution < -0.4 is 10.1 Å². The average molecular weight is 452 g/mol. The van der Waals surface area contributed by atoms with Gasteiger partial charge in [-0.1, -0.05) is 36.9 Å². The van der Waals surface area contributed by atoms with Gasteiger partial charge in [0.15, 0.2) is 0 Å². The third kappa shape index (κ3) is 6.09. The summed E-state index contributed by atoms with van der Waals surface area (Å²) in [5, 5.41) is 20.5. The van der Waals surface area contributed by atoms with Crippen LogP contribution in [0.1, 0.15) is 36.2 Å². The number of pyridine rings is 1. The van der Waals surface area contributed by atoms with E-state index in [0.717, 1.165) is 40.8 Å². The van der Waals surface area contributed by atoms with Crippen LogP contribution >= 0.6 is 0 Å². The smallest absolute Gasteiger partial charge is 0.130 e. The van der Waals surface area contributed by atoms with Crippen LogP contribution in [-0.2, 0) is 12.8 Å². The first kappa shape index (κ1) is 23.2. The Kier molecular flexibility index (Phi) is 7.05. The lowest BCUT2D eigenvalue weighted by molar-refractivity contribution is 0.340. The standard InChI is InChI=1S/C28H29N5O/c1-20(19-34-27-6-4-5-26-25(27)18-32-33-26)16-31-28(2,3)14-22-9-7-21(8-10-22)13-24-12-11-23(15-29)17-30-24/h4-12,17-18,31H,1,13-14,16,19H2,2-3H3,(H,32,33). The van der Waals surface area contributed by atoms with Crippen molar-refractivity contribution in [3.63, 3.8) is 0 Å². The third-order valence-corrected chi connectivity index (χ3v) is 5.70. The average Bonchev–Trinajstić information content (AvgIpc) is 3.33. The van der Waals surface area contributed by atoms with E-state index in [9.17, 15) is 0 Å². The number of aromatic nitrogens is 3. The van der Waals surface area contributed by atoms with Gasteiger partial charge in [0.25, 0.3) is 0 Å². The molecule has 0 amide bonds. The first-order valence-electron chi connectivity index (χ1n) is 11.3. The van der Waals surface area contributed by atoms with E-state index in [1.54, 1.807) is 12.4 Å². The van der Waals surface area contributed by atoms with Gasteiger partial charge in [0.05, 0.1) is 22.7 Å². The molecule has 0 unspecified atom stereocenters. The summed E-state index contributed by atoms with van der Waals surface area (Å²) in [4.78, 5) is 4.36.